The number of rotatable bonds is 3. The molecule has 0 bridgehead atoms. The molecule has 0 saturated heterocycles. The van der Waals surface area contributed by atoms with E-state index in [1.165, 1.54) is 16.9 Å². The maximum atomic E-state index is 12.2. The summed E-state index contributed by atoms with van der Waals surface area (Å²) in [6, 6.07) is 10.3. The zero-order valence-corrected chi connectivity index (χ0v) is 11.8. The van der Waals surface area contributed by atoms with Crippen molar-refractivity contribution in [2.45, 2.75) is 13.8 Å². The molecule has 0 aliphatic heterocycles. The molecule has 3 heteroatoms. The molecule has 2 rings (SSSR count). The number of thiophene rings is 1. The van der Waals surface area contributed by atoms with E-state index in [2.05, 4.69) is 31.2 Å². The Hall–Kier alpha value is -1.61. The van der Waals surface area contributed by atoms with Crippen molar-refractivity contribution >= 4 is 17.2 Å². The van der Waals surface area contributed by atoms with Crippen LogP contribution in [0.15, 0.2) is 35.7 Å². The molecule has 0 spiro atoms. The highest BCUT2D eigenvalue weighted by Crippen LogP contribution is 2.29. The molecule has 1 aromatic carbocycles. The monoisotopic (exact) mass is 259 g/mol. The first-order chi connectivity index (χ1) is 8.63. The molecule has 0 unspecified atom stereocenters. The van der Waals surface area contributed by atoms with Crippen molar-refractivity contribution in [3.8, 4) is 11.1 Å². The molecule has 1 heterocycles. The topological polar surface area (TPSA) is 20.3 Å². The fourth-order valence-corrected chi connectivity index (χ4v) is 2.66. The van der Waals surface area contributed by atoms with E-state index in [-0.39, 0.29) is 5.91 Å². The van der Waals surface area contributed by atoms with Gasteiger partial charge in [-0.1, -0.05) is 29.8 Å². The number of benzene rings is 1. The number of amides is 1. The van der Waals surface area contributed by atoms with Crippen LogP contribution in [0.2, 0.25) is 0 Å². The van der Waals surface area contributed by atoms with Gasteiger partial charge in [-0.25, -0.2) is 0 Å². The van der Waals surface area contributed by atoms with Gasteiger partial charge in [-0.15, -0.1) is 11.3 Å². The molecule has 0 aliphatic rings. The van der Waals surface area contributed by atoms with E-state index >= 15 is 0 Å². The van der Waals surface area contributed by atoms with Crippen LogP contribution in [0.4, 0.5) is 0 Å². The van der Waals surface area contributed by atoms with Crippen LogP contribution >= 0.6 is 11.3 Å². The van der Waals surface area contributed by atoms with Crippen LogP contribution in [0.25, 0.3) is 11.1 Å². The van der Waals surface area contributed by atoms with Crippen molar-refractivity contribution in [3.63, 3.8) is 0 Å². The number of hydrogen-bond donors (Lipinski definition) is 0. The lowest BCUT2D eigenvalue weighted by molar-refractivity contribution is 0.0808. The lowest BCUT2D eigenvalue weighted by atomic mass is 10.0. The molecule has 18 heavy (non-hydrogen) atoms. The highest BCUT2D eigenvalue weighted by Gasteiger charge is 2.17. The number of nitrogens with zero attached hydrogens (tertiary/aromatic N) is 1. The third-order valence-electron chi connectivity index (χ3n) is 3.04. The first-order valence-electron chi connectivity index (χ1n) is 6.03. The molecule has 2 nitrogen and oxygen atoms in total. The average molecular weight is 259 g/mol. The summed E-state index contributed by atoms with van der Waals surface area (Å²) in [5.41, 5.74) is 3.37. The molecule has 2 aromatic rings. The van der Waals surface area contributed by atoms with E-state index in [9.17, 15) is 4.79 Å². The van der Waals surface area contributed by atoms with Crippen LogP contribution in [0, 0.1) is 6.92 Å². The van der Waals surface area contributed by atoms with E-state index in [4.69, 9.17) is 0 Å². The van der Waals surface area contributed by atoms with Crippen molar-refractivity contribution in [1.82, 2.24) is 4.90 Å². The highest BCUT2D eigenvalue weighted by molar-refractivity contribution is 7.12. The lowest BCUT2D eigenvalue weighted by Gasteiger charge is -2.14. The largest absolute Gasteiger partial charge is 0.341 e. The van der Waals surface area contributed by atoms with Gasteiger partial charge < -0.3 is 4.90 Å². The zero-order valence-electron chi connectivity index (χ0n) is 10.9. The van der Waals surface area contributed by atoms with Crippen LogP contribution in [0.1, 0.15) is 22.2 Å². The normalized spacial score (nSPS) is 10.4. The SMILES string of the molecule is CCN(C)C(=O)c1sccc1-c1ccc(C)cc1. The summed E-state index contributed by atoms with van der Waals surface area (Å²) in [4.78, 5) is 14.8. The van der Waals surface area contributed by atoms with Crippen LogP contribution in [-0.2, 0) is 0 Å². The molecule has 0 atom stereocenters. The predicted molar refractivity (Wildman–Crippen MR) is 77.1 cm³/mol. The van der Waals surface area contributed by atoms with Crippen LogP contribution in [-0.4, -0.2) is 24.4 Å². The van der Waals surface area contributed by atoms with E-state index in [0.29, 0.717) is 0 Å². The fraction of sp³-hybridized carbons (Fsp3) is 0.267. The smallest absolute Gasteiger partial charge is 0.264 e. The third kappa shape index (κ3) is 2.46. The number of hydrogen-bond acceptors (Lipinski definition) is 2. The molecule has 0 saturated carbocycles. The molecule has 0 radical (unpaired) electrons. The summed E-state index contributed by atoms with van der Waals surface area (Å²) < 4.78 is 0. The van der Waals surface area contributed by atoms with Gasteiger partial charge in [0.25, 0.3) is 5.91 Å². The minimum atomic E-state index is 0.100. The number of aryl methyl sites for hydroxylation is 1. The van der Waals surface area contributed by atoms with Crippen molar-refractivity contribution in [2.75, 3.05) is 13.6 Å². The third-order valence-corrected chi connectivity index (χ3v) is 3.95. The van der Waals surface area contributed by atoms with E-state index in [1.54, 1.807) is 4.90 Å². The van der Waals surface area contributed by atoms with Gasteiger partial charge in [-0.3, -0.25) is 4.79 Å². The van der Waals surface area contributed by atoms with E-state index in [1.807, 2.05) is 25.4 Å². The van der Waals surface area contributed by atoms with Crippen LogP contribution in [0.3, 0.4) is 0 Å². The maximum Gasteiger partial charge on any atom is 0.264 e. The fourth-order valence-electron chi connectivity index (χ4n) is 1.75. The molecule has 1 aromatic heterocycles. The van der Waals surface area contributed by atoms with Gasteiger partial charge in [0.15, 0.2) is 0 Å². The summed E-state index contributed by atoms with van der Waals surface area (Å²) >= 11 is 1.51. The Morgan fingerprint density at radius 1 is 1.22 bits per heavy atom. The van der Waals surface area contributed by atoms with Gasteiger partial charge in [-0.2, -0.15) is 0 Å². The summed E-state index contributed by atoms with van der Waals surface area (Å²) in [5.74, 6) is 0.100. The van der Waals surface area contributed by atoms with E-state index in [0.717, 1.165) is 22.5 Å². The minimum absolute atomic E-state index is 0.100. The maximum absolute atomic E-state index is 12.2. The zero-order chi connectivity index (χ0) is 13.1. The Morgan fingerprint density at radius 3 is 2.50 bits per heavy atom. The highest BCUT2D eigenvalue weighted by atomic mass is 32.1. The Labute approximate surface area is 112 Å². The second kappa shape index (κ2) is 5.36. The minimum Gasteiger partial charge on any atom is -0.341 e. The van der Waals surface area contributed by atoms with Gasteiger partial charge in [-0.05, 0) is 30.9 Å². The lowest BCUT2D eigenvalue weighted by Crippen LogP contribution is -2.25. The molecular formula is C15H17NOS. The quantitative estimate of drug-likeness (QED) is 0.820. The Balaban J connectivity index is 2.39. The molecular weight excluding hydrogens is 242 g/mol. The standard InChI is InChI=1S/C15H17NOS/c1-4-16(3)15(17)14-13(9-10-18-14)12-7-5-11(2)6-8-12/h5-10H,4H2,1-3H3. The Morgan fingerprint density at radius 2 is 1.89 bits per heavy atom. The average Bonchev–Trinajstić information content (AvgIpc) is 2.87. The van der Waals surface area contributed by atoms with Crippen molar-refractivity contribution < 1.29 is 4.79 Å². The molecule has 0 N–H and O–H groups in total. The second-order valence-electron chi connectivity index (χ2n) is 4.35. The molecule has 94 valence electrons. The Kier molecular flexibility index (Phi) is 3.82. The van der Waals surface area contributed by atoms with Crippen molar-refractivity contribution in [3.05, 3.63) is 46.2 Å². The van der Waals surface area contributed by atoms with Crippen molar-refractivity contribution in [1.29, 1.82) is 0 Å². The molecule has 0 fully saturated rings. The Bertz CT molecular complexity index is 542. The van der Waals surface area contributed by atoms with Crippen molar-refractivity contribution in [2.24, 2.45) is 0 Å². The van der Waals surface area contributed by atoms with Crippen LogP contribution in [0.5, 0.6) is 0 Å². The van der Waals surface area contributed by atoms with Gasteiger partial charge >= 0.3 is 0 Å². The molecule has 1 amide bonds. The summed E-state index contributed by atoms with van der Waals surface area (Å²) in [7, 11) is 1.83. The summed E-state index contributed by atoms with van der Waals surface area (Å²) in [5, 5.41) is 1.98. The second-order valence-corrected chi connectivity index (χ2v) is 5.26. The summed E-state index contributed by atoms with van der Waals surface area (Å²) in [6.45, 7) is 4.77. The van der Waals surface area contributed by atoms with Gasteiger partial charge in [0.2, 0.25) is 0 Å². The molecule has 0 aliphatic carbocycles. The van der Waals surface area contributed by atoms with E-state index < -0.39 is 0 Å². The van der Waals surface area contributed by atoms with Gasteiger partial charge in [0, 0.05) is 19.2 Å². The number of carbonyl (C=O) groups excluding carboxylic acids is 1. The van der Waals surface area contributed by atoms with Gasteiger partial charge in [0.1, 0.15) is 0 Å². The predicted octanol–water partition coefficient (Wildman–Crippen LogP) is 3.82. The number of carbonyl (C=O) groups is 1. The van der Waals surface area contributed by atoms with Gasteiger partial charge in [0.05, 0.1) is 4.88 Å². The first kappa shape index (κ1) is 12.8. The first-order valence-corrected chi connectivity index (χ1v) is 6.91. The van der Waals surface area contributed by atoms with Crippen LogP contribution < -0.4 is 0 Å². The summed E-state index contributed by atoms with van der Waals surface area (Å²) in [6.07, 6.45) is 0.